The summed E-state index contributed by atoms with van der Waals surface area (Å²) in [5.74, 6) is -0.449. The fourth-order valence-electron chi connectivity index (χ4n) is 1.94. The topological polar surface area (TPSA) is 86.2 Å². The lowest BCUT2D eigenvalue weighted by Crippen LogP contribution is -2.31. The lowest BCUT2D eigenvalue weighted by atomic mass is 10.2. The summed E-state index contributed by atoms with van der Waals surface area (Å²) < 4.78 is 10.0. The van der Waals surface area contributed by atoms with Gasteiger partial charge >= 0.3 is 5.97 Å². The number of anilines is 1. The summed E-state index contributed by atoms with van der Waals surface area (Å²) in [5, 5.41) is 6.86. The molecule has 0 saturated heterocycles. The van der Waals surface area contributed by atoms with Crippen LogP contribution in [-0.2, 0) is 19.2 Å². The Bertz CT molecular complexity index is 791. The second kappa shape index (κ2) is 10.2. The Hall–Kier alpha value is -3.06. The summed E-state index contributed by atoms with van der Waals surface area (Å²) in [7, 11) is 1.58. The van der Waals surface area contributed by atoms with E-state index < -0.39 is 24.6 Å². The molecule has 7 nitrogen and oxygen atoms in total. The van der Waals surface area contributed by atoms with Gasteiger partial charge in [-0.3, -0.25) is 4.79 Å². The number of rotatable bonds is 8. The maximum absolute atomic E-state index is 12.0. The molecular weight excluding hydrogens is 372 g/mol. The average Bonchev–Trinajstić information content (AvgIpc) is 2.67. The molecule has 0 heterocycles. The lowest BCUT2D eigenvalue weighted by molar-refractivity contribution is -0.157. The van der Waals surface area contributed by atoms with Gasteiger partial charge in [0.2, 0.25) is 6.61 Å². The van der Waals surface area contributed by atoms with Crippen molar-refractivity contribution in [2.75, 3.05) is 19.0 Å². The zero-order chi connectivity index (χ0) is 19.6. The SMILES string of the molecule is COc1ccc(/C=N\OCC(=O)O[C@@H](C)C(=O)Nc2ccc(Cl)cc2)cc1. The van der Waals surface area contributed by atoms with Crippen LogP contribution < -0.4 is 10.1 Å². The molecule has 2 aromatic carbocycles. The van der Waals surface area contributed by atoms with Gasteiger partial charge < -0.3 is 19.6 Å². The Balaban J connectivity index is 1.72. The zero-order valence-electron chi connectivity index (χ0n) is 14.8. The standard InChI is InChI=1S/C19H19ClN2O5/c1-13(19(24)22-16-7-5-15(20)6-8-16)27-18(23)12-26-21-11-14-3-9-17(25-2)10-4-14/h3-11,13H,12H2,1-2H3,(H,22,24)/b21-11-/t13-/m0/s1. The molecule has 0 saturated carbocycles. The number of hydrogen-bond acceptors (Lipinski definition) is 6. The van der Waals surface area contributed by atoms with E-state index >= 15 is 0 Å². The van der Waals surface area contributed by atoms with Crippen LogP contribution >= 0.6 is 11.6 Å². The van der Waals surface area contributed by atoms with Crippen molar-refractivity contribution >= 4 is 35.4 Å². The van der Waals surface area contributed by atoms with E-state index in [-0.39, 0.29) is 0 Å². The third-order valence-electron chi connectivity index (χ3n) is 3.36. The molecule has 0 fully saturated rings. The average molecular weight is 391 g/mol. The van der Waals surface area contributed by atoms with Gasteiger partial charge in [0.15, 0.2) is 6.10 Å². The number of nitrogens with zero attached hydrogens (tertiary/aromatic N) is 1. The number of nitrogens with one attached hydrogen (secondary N) is 1. The molecule has 1 N–H and O–H groups in total. The molecule has 0 bridgehead atoms. The highest BCUT2D eigenvalue weighted by atomic mass is 35.5. The minimum Gasteiger partial charge on any atom is -0.497 e. The van der Waals surface area contributed by atoms with Gasteiger partial charge in [-0.2, -0.15) is 0 Å². The van der Waals surface area contributed by atoms with Crippen LogP contribution in [-0.4, -0.2) is 37.9 Å². The van der Waals surface area contributed by atoms with Crippen molar-refractivity contribution in [2.24, 2.45) is 5.16 Å². The number of benzene rings is 2. The van der Waals surface area contributed by atoms with E-state index in [1.165, 1.54) is 13.1 Å². The number of carbonyl (C=O) groups excluding carboxylic acids is 2. The number of oxime groups is 1. The van der Waals surface area contributed by atoms with E-state index in [4.69, 9.17) is 25.9 Å². The van der Waals surface area contributed by atoms with Crippen LogP contribution in [0.25, 0.3) is 0 Å². The molecule has 2 rings (SSSR count). The summed E-state index contributed by atoms with van der Waals surface area (Å²) in [6, 6.07) is 13.7. The first-order valence-electron chi connectivity index (χ1n) is 8.03. The number of amides is 1. The maximum Gasteiger partial charge on any atom is 0.347 e. The molecule has 0 aliphatic heterocycles. The van der Waals surface area contributed by atoms with Gasteiger partial charge in [0.25, 0.3) is 5.91 Å². The Kier molecular flexibility index (Phi) is 7.63. The molecular formula is C19H19ClN2O5. The minimum absolute atomic E-state index is 0.411. The lowest BCUT2D eigenvalue weighted by Gasteiger charge is -2.13. The number of carbonyl (C=O) groups is 2. The molecule has 0 spiro atoms. The third kappa shape index (κ3) is 6.99. The monoisotopic (exact) mass is 390 g/mol. The van der Waals surface area contributed by atoms with Crippen molar-refractivity contribution in [3.63, 3.8) is 0 Å². The Morgan fingerprint density at radius 1 is 1.15 bits per heavy atom. The number of methoxy groups -OCH3 is 1. The number of esters is 1. The van der Waals surface area contributed by atoms with Gasteiger partial charge in [-0.15, -0.1) is 0 Å². The van der Waals surface area contributed by atoms with E-state index in [0.717, 1.165) is 11.3 Å². The predicted octanol–water partition coefficient (Wildman–Crippen LogP) is 3.27. The highest BCUT2D eigenvalue weighted by Gasteiger charge is 2.18. The molecule has 8 heteroatoms. The predicted molar refractivity (Wildman–Crippen MR) is 102 cm³/mol. The Labute approximate surface area is 161 Å². The summed E-state index contributed by atoms with van der Waals surface area (Å²) in [5.41, 5.74) is 1.33. The van der Waals surface area contributed by atoms with E-state index in [0.29, 0.717) is 10.7 Å². The van der Waals surface area contributed by atoms with E-state index in [1.54, 1.807) is 55.6 Å². The molecule has 0 radical (unpaired) electrons. The molecule has 0 aromatic heterocycles. The second-order valence-corrected chi connectivity index (χ2v) is 5.85. The molecule has 0 aliphatic rings. The largest absolute Gasteiger partial charge is 0.497 e. The van der Waals surface area contributed by atoms with Crippen LogP contribution in [0.15, 0.2) is 53.7 Å². The highest BCUT2D eigenvalue weighted by molar-refractivity contribution is 6.30. The minimum atomic E-state index is -0.984. The molecule has 27 heavy (non-hydrogen) atoms. The number of halogens is 1. The van der Waals surface area contributed by atoms with Crippen LogP contribution in [0.1, 0.15) is 12.5 Å². The fraction of sp³-hybridized carbons (Fsp3) is 0.211. The van der Waals surface area contributed by atoms with E-state index in [9.17, 15) is 9.59 Å². The molecule has 0 aliphatic carbocycles. The quantitative estimate of drug-likeness (QED) is 0.424. The van der Waals surface area contributed by atoms with Gasteiger partial charge in [-0.25, -0.2) is 4.79 Å². The number of hydrogen-bond donors (Lipinski definition) is 1. The first kappa shape index (κ1) is 20.3. The van der Waals surface area contributed by atoms with Crippen LogP contribution in [0.2, 0.25) is 5.02 Å². The first-order chi connectivity index (χ1) is 13.0. The summed E-state index contributed by atoms with van der Waals surface area (Å²) in [6.07, 6.45) is 0.464. The molecule has 142 valence electrons. The van der Waals surface area contributed by atoms with Gasteiger partial charge in [0.05, 0.1) is 13.3 Å². The van der Waals surface area contributed by atoms with Crippen LogP contribution in [0, 0.1) is 0 Å². The second-order valence-electron chi connectivity index (χ2n) is 5.41. The molecule has 2 aromatic rings. The summed E-state index contributed by atoms with van der Waals surface area (Å²) in [4.78, 5) is 28.6. The van der Waals surface area contributed by atoms with Gasteiger partial charge in [-0.05, 0) is 61.0 Å². The van der Waals surface area contributed by atoms with E-state index in [2.05, 4.69) is 10.5 Å². The van der Waals surface area contributed by atoms with Gasteiger partial charge in [-0.1, -0.05) is 16.8 Å². The van der Waals surface area contributed by atoms with Gasteiger partial charge in [0, 0.05) is 10.7 Å². The van der Waals surface area contributed by atoms with Crippen molar-refractivity contribution < 1.29 is 23.9 Å². The maximum atomic E-state index is 12.0. The van der Waals surface area contributed by atoms with Crippen LogP contribution in [0.5, 0.6) is 5.75 Å². The first-order valence-corrected chi connectivity index (χ1v) is 8.41. The Morgan fingerprint density at radius 3 is 2.44 bits per heavy atom. The zero-order valence-corrected chi connectivity index (χ0v) is 15.6. The van der Waals surface area contributed by atoms with Crippen LogP contribution in [0.4, 0.5) is 5.69 Å². The van der Waals surface area contributed by atoms with E-state index in [1.807, 2.05) is 0 Å². The van der Waals surface area contributed by atoms with Gasteiger partial charge in [0.1, 0.15) is 5.75 Å². The normalized spacial score (nSPS) is 11.7. The highest BCUT2D eigenvalue weighted by Crippen LogP contribution is 2.14. The number of ether oxygens (including phenoxy) is 2. The summed E-state index contributed by atoms with van der Waals surface area (Å²) >= 11 is 5.78. The Morgan fingerprint density at radius 2 is 1.81 bits per heavy atom. The van der Waals surface area contributed by atoms with Crippen molar-refractivity contribution in [1.29, 1.82) is 0 Å². The molecule has 1 amide bonds. The fourth-order valence-corrected chi connectivity index (χ4v) is 2.07. The van der Waals surface area contributed by atoms with Crippen molar-refractivity contribution in [1.82, 2.24) is 0 Å². The third-order valence-corrected chi connectivity index (χ3v) is 3.62. The van der Waals surface area contributed by atoms with Crippen molar-refractivity contribution in [3.8, 4) is 5.75 Å². The van der Waals surface area contributed by atoms with Crippen molar-refractivity contribution in [3.05, 3.63) is 59.1 Å². The van der Waals surface area contributed by atoms with Crippen molar-refractivity contribution in [2.45, 2.75) is 13.0 Å². The summed E-state index contributed by atoms with van der Waals surface area (Å²) in [6.45, 7) is 1.05. The molecule has 1 atom stereocenters. The smallest absolute Gasteiger partial charge is 0.347 e. The molecule has 0 unspecified atom stereocenters. The van der Waals surface area contributed by atoms with Crippen LogP contribution in [0.3, 0.4) is 0 Å².